The zero-order valence-electron chi connectivity index (χ0n) is 15.0. The zero-order chi connectivity index (χ0) is 20.3. The van der Waals surface area contributed by atoms with Crippen LogP contribution in [0.2, 0.25) is 0 Å². The first-order valence-corrected chi connectivity index (χ1v) is 11.6. The molecule has 1 N–H and O–H groups in total. The molecular formula is C19H17BrFNO4S2. The average molecular weight is 486 g/mol. The van der Waals surface area contributed by atoms with E-state index in [4.69, 9.17) is 9.15 Å². The molecule has 0 bridgehead atoms. The summed E-state index contributed by atoms with van der Waals surface area (Å²) < 4.78 is 52.8. The fraction of sp³-hybridized carbons (Fsp3) is 0.158. The van der Waals surface area contributed by atoms with E-state index < -0.39 is 15.8 Å². The summed E-state index contributed by atoms with van der Waals surface area (Å²) in [6.07, 6.45) is 4.48. The highest BCUT2D eigenvalue weighted by atomic mass is 79.9. The van der Waals surface area contributed by atoms with Crippen molar-refractivity contribution in [3.05, 3.63) is 68.3 Å². The molecule has 0 atom stereocenters. The lowest BCUT2D eigenvalue weighted by Crippen LogP contribution is -2.19. The highest BCUT2D eigenvalue weighted by molar-refractivity contribution is 9.10. The SMILES string of the molecule is CNS(=O)(=O)C(=Cc1c(F)cccc1OCc1cc(Br)c2occc2c1)SC. The van der Waals surface area contributed by atoms with Crippen LogP contribution in [0, 0.1) is 5.82 Å². The van der Waals surface area contributed by atoms with Crippen molar-refractivity contribution in [1.82, 2.24) is 4.72 Å². The lowest BCUT2D eigenvalue weighted by atomic mass is 10.1. The molecule has 1 heterocycles. The molecule has 0 fully saturated rings. The highest BCUT2D eigenvalue weighted by Gasteiger charge is 2.17. The summed E-state index contributed by atoms with van der Waals surface area (Å²) in [5, 5.41) is 0.914. The van der Waals surface area contributed by atoms with Gasteiger partial charge in [-0.2, -0.15) is 0 Å². The van der Waals surface area contributed by atoms with Crippen LogP contribution in [0.15, 0.2) is 55.8 Å². The van der Waals surface area contributed by atoms with Crippen molar-refractivity contribution in [3.8, 4) is 5.75 Å². The van der Waals surface area contributed by atoms with Crippen molar-refractivity contribution in [3.63, 3.8) is 0 Å². The molecule has 5 nitrogen and oxygen atoms in total. The van der Waals surface area contributed by atoms with E-state index in [0.717, 1.165) is 32.8 Å². The molecule has 148 valence electrons. The minimum atomic E-state index is -3.70. The van der Waals surface area contributed by atoms with E-state index in [1.54, 1.807) is 18.6 Å². The fourth-order valence-electron chi connectivity index (χ4n) is 2.59. The summed E-state index contributed by atoms with van der Waals surface area (Å²) >= 11 is 4.46. The fourth-order valence-corrected chi connectivity index (χ4v) is 5.04. The second-order valence-corrected chi connectivity index (χ2v) is 9.55. The molecule has 0 amide bonds. The van der Waals surface area contributed by atoms with E-state index in [2.05, 4.69) is 20.7 Å². The molecule has 0 radical (unpaired) electrons. The maximum atomic E-state index is 14.4. The number of halogens is 2. The normalized spacial score (nSPS) is 12.5. The Labute approximate surface area is 175 Å². The zero-order valence-corrected chi connectivity index (χ0v) is 18.3. The number of nitrogens with one attached hydrogen (secondary N) is 1. The first-order chi connectivity index (χ1) is 13.4. The van der Waals surface area contributed by atoms with Crippen LogP contribution in [0.25, 0.3) is 17.0 Å². The third-order valence-electron chi connectivity index (χ3n) is 3.97. The Balaban J connectivity index is 1.93. The van der Waals surface area contributed by atoms with E-state index in [1.807, 2.05) is 18.2 Å². The predicted octanol–water partition coefficient (Wildman–Crippen LogP) is 5.12. The van der Waals surface area contributed by atoms with Gasteiger partial charge in [-0.15, -0.1) is 11.8 Å². The largest absolute Gasteiger partial charge is 0.488 e. The van der Waals surface area contributed by atoms with Gasteiger partial charge >= 0.3 is 0 Å². The molecule has 1 aromatic heterocycles. The van der Waals surface area contributed by atoms with E-state index in [9.17, 15) is 12.8 Å². The second-order valence-electron chi connectivity index (χ2n) is 5.73. The van der Waals surface area contributed by atoms with Crippen LogP contribution < -0.4 is 9.46 Å². The number of furan rings is 1. The number of hydrogen-bond acceptors (Lipinski definition) is 5. The molecule has 0 saturated heterocycles. The maximum Gasteiger partial charge on any atom is 0.246 e. The number of fused-ring (bicyclic) bond motifs is 1. The molecule has 0 aliphatic carbocycles. The van der Waals surface area contributed by atoms with Crippen molar-refractivity contribution in [2.24, 2.45) is 0 Å². The minimum absolute atomic E-state index is 0.00693. The molecule has 0 saturated carbocycles. The lowest BCUT2D eigenvalue weighted by Gasteiger charge is -2.12. The number of thioether (sulfide) groups is 1. The van der Waals surface area contributed by atoms with E-state index in [0.29, 0.717) is 0 Å². The monoisotopic (exact) mass is 485 g/mol. The van der Waals surface area contributed by atoms with Gasteiger partial charge < -0.3 is 9.15 Å². The van der Waals surface area contributed by atoms with Gasteiger partial charge in [0.25, 0.3) is 0 Å². The van der Waals surface area contributed by atoms with Crippen molar-refractivity contribution >= 4 is 54.8 Å². The van der Waals surface area contributed by atoms with Gasteiger partial charge in [-0.1, -0.05) is 6.07 Å². The minimum Gasteiger partial charge on any atom is -0.488 e. The molecule has 0 aliphatic heterocycles. The Kier molecular flexibility index (Phi) is 6.49. The van der Waals surface area contributed by atoms with Crippen LogP contribution in [0.5, 0.6) is 5.75 Å². The maximum absolute atomic E-state index is 14.4. The number of hydrogen-bond donors (Lipinski definition) is 1. The summed E-state index contributed by atoms with van der Waals surface area (Å²) in [5.41, 5.74) is 1.67. The Bertz CT molecular complexity index is 1140. The molecule has 0 unspecified atom stereocenters. The van der Waals surface area contributed by atoms with Gasteiger partial charge in [-0.05, 0) is 71.2 Å². The molecule has 3 aromatic rings. The van der Waals surface area contributed by atoms with Gasteiger partial charge in [0.1, 0.15) is 28.0 Å². The Morgan fingerprint density at radius 3 is 2.86 bits per heavy atom. The third kappa shape index (κ3) is 4.43. The topological polar surface area (TPSA) is 68.5 Å². The summed E-state index contributed by atoms with van der Waals surface area (Å²) in [4.78, 5) is 0. The molecule has 28 heavy (non-hydrogen) atoms. The van der Waals surface area contributed by atoms with Gasteiger partial charge in [-0.25, -0.2) is 17.5 Å². The Morgan fingerprint density at radius 2 is 2.14 bits per heavy atom. The molecule has 9 heteroatoms. The lowest BCUT2D eigenvalue weighted by molar-refractivity contribution is 0.304. The standard InChI is InChI=1S/C19H17BrFNO4S2/c1-22-28(23,24)18(27-2)10-14-16(21)4-3-5-17(14)26-11-12-8-13-6-7-25-19(13)15(20)9-12/h3-10,22H,11H2,1-2H3. The summed E-state index contributed by atoms with van der Waals surface area (Å²) in [6.45, 7) is 0.178. The molecule has 0 aliphatic rings. The van der Waals surface area contributed by atoms with Crippen molar-refractivity contribution < 1.29 is 22.0 Å². The third-order valence-corrected chi connectivity index (χ3v) is 7.42. The van der Waals surface area contributed by atoms with Crippen LogP contribution in [0.1, 0.15) is 11.1 Å². The Morgan fingerprint density at radius 1 is 1.36 bits per heavy atom. The van der Waals surface area contributed by atoms with Gasteiger partial charge in [-0.3, -0.25) is 0 Å². The Hall–Kier alpha value is -1.81. The number of benzene rings is 2. The summed E-state index contributed by atoms with van der Waals surface area (Å²) in [5.74, 6) is -0.317. The van der Waals surface area contributed by atoms with Crippen LogP contribution in [-0.4, -0.2) is 21.7 Å². The molecule has 3 rings (SSSR count). The van der Waals surface area contributed by atoms with E-state index >= 15 is 0 Å². The summed E-state index contributed by atoms with van der Waals surface area (Å²) in [6, 6.07) is 9.99. The highest BCUT2D eigenvalue weighted by Crippen LogP contribution is 2.31. The van der Waals surface area contributed by atoms with Gasteiger partial charge in [0.2, 0.25) is 10.0 Å². The van der Waals surface area contributed by atoms with Gasteiger partial charge in [0.15, 0.2) is 0 Å². The summed E-state index contributed by atoms with van der Waals surface area (Å²) in [7, 11) is -2.39. The quantitative estimate of drug-likeness (QED) is 0.502. The molecule has 2 aromatic carbocycles. The van der Waals surface area contributed by atoms with Crippen LogP contribution >= 0.6 is 27.7 Å². The first kappa shape index (κ1) is 20.9. The second kappa shape index (κ2) is 8.69. The van der Waals surface area contributed by atoms with Crippen LogP contribution in [-0.2, 0) is 16.6 Å². The molecule has 0 spiro atoms. The number of sulfonamides is 1. The van der Waals surface area contributed by atoms with Crippen molar-refractivity contribution in [2.75, 3.05) is 13.3 Å². The smallest absolute Gasteiger partial charge is 0.246 e. The number of ether oxygens (including phenoxy) is 1. The predicted molar refractivity (Wildman–Crippen MR) is 114 cm³/mol. The number of rotatable bonds is 7. The van der Waals surface area contributed by atoms with E-state index in [-0.39, 0.29) is 22.2 Å². The van der Waals surface area contributed by atoms with Crippen molar-refractivity contribution in [2.45, 2.75) is 6.61 Å². The first-order valence-electron chi connectivity index (χ1n) is 8.12. The van der Waals surface area contributed by atoms with Crippen LogP contribution in [0.3, 0.4) is 0 Å². The van der Waals surface area contributed by atoms with E-state index in [1.165, 1.54) is 25.3 Å². The molecular weight excluding hydrogens is 469 g/mol. The van der Waals surface area contributed by atoms with Gasteiger partial charge in [0, 0.05) is 5.39 Å². The van der Waals surface area contributed by atoms with Gasteiger partial charge in [0.05, 0.1) is 16.3 Å². The van der Waals surface area contributed by atoms with Crippen LogP contribution in [0.4, 0.5) is 4.39 Å². The average Bonchev–Trinajstić information content (AvgIpc) is 3.14. The van der Waals surface area contributed by atoms with Crippen molar-refractivity contribution in [1.29, 1.82) is 0 Å².